The Hall–Kier alpha value is -3.14. The molecule has 39 heavy (non-hydrogen) atoms. The van der Waals surface area contributed by atoms with E-state index in [1.807, 2.05) is 13.8 Å². The van der Waals surface area contributed by atoms with Gasteiger partial charge in [-0.3, -0.25) is 13.9 Å². The van der Waals surface area contributed by atoms with Gasteiger partial charge in [-0.05, 0) is 56.7 Å². The molecule has 0 saturated carbocycles. The molecule has 0 heterocycles. The molecule has 1 atom stereocenters. The van der Waals surface area contributed by atoms with Crippen LogP contribution in [-0.4, -0.2) is 44.3 Å². The van der Waals surface area contributed by atoms with E-state index in [2.05, 4.69) is 5.32 Å². The predicted molar refractivity (Wildman–Crippen MR) is 152 cm³/mol. The number of nitrogens with one attached hydrogen (secondary N) is 1. The number of carbonyl (C=O) groups excluding carboxylic acids is 2. The minimum Gasteiger partial charge on any atom is -0.354 e. The average molecular weight is 595 g/mol. The summed E-state index contributed by atoms with van der Waals surface area (Å²) >= 11 is 12.4. The van der Waals surface area contributed by atoms with Crippen LogP contribution in [0, 0.1) is 12.7 Å². The van der Waals surface area contributed by atoms with Gasteiger partial charge in [0.15, 0.2) is 0 Å². The summed E-state index contributed by atoms with van der Waals surface area (Å²) in [5.74, 6) is -1.72. The number of benzene rings is 3. The molecule has 3 aromatic rings. The van der Waals surface area contributed by atoms with Gasteiger partial charge in [0, 0.05) is 28.7 Å². The Morgan fingerprint density at radius 3 is 2.21 bits per heavy atom. The van der Waals surface area contributed by atoms with E-state index in [4.69, 9.17) is 23.2 Å². The maximum atomic E-state index is 14.6. The maximum absolute atomic E-state index is 14.6. The number of aryl methyl sites for hydroxylation is 1. The van der Waals surface area contributed by atoms with Crippen molar-refractivity contribution >= 4 is 50.7 Å². The van der Waals surface area contributed by atoms with Crippen molar-refractivity contribution < 1.29 is 22.4 Å². The van der Waals surface area contributed by atoms with Crippen LogP contribution >= 0.6 is 23.2 Å². The standard InChI is InChI=1S/C28H30Cl2FN3O4S/c1-4-13-32-28(36)20(3)33(17-21-7-5-6-8-26(21)31)27(35)18-34(24-15-22(29)14-23(30)16-24)39(37,38)25-11-9-19(2)10-12-25/h5-12,14-16,20H,4,13,17-18H2,1-3H3,(H,32,36)/t20-/m0/s1. The Morgan fingerprint density at radius 2 is 1.62 bits per heavy atom. The van der Waals surface area contributed by atoms with Gasteiger partial charge in [-0.1, -0.05) is 66.0 Å². The van der Waals surface area contributed by atoms with Crippen molar-refractivity contribution in [2.75, 3.05) is 17.4 Å². The molecule has 0 radical (unpaired) electrons. The third kappa shape index (κ3) is 7.71. The van der Waals surface area contributed by atoms with Gasteiger partial charge in [0.25, 0.3) is 10.0 Å². The lowest BCUT2D eigenvalue weighted by Crippen LogP contribution is -2.51. The second kappa shape index (κ2) is 13.3. The molecule has 208 valence electrons. The Balaban J connectivity index is 2.06. The van der Waals surface area contributed by atoms with E-state index < -0.39 is 40.2 Å². The maximum Gasteiger partial charge on any atom is 0.264 e. The highest BCUT2D eigenvalue weighted by molar-refractivity contribution is 7.92. The first-order chi connectivity index (χ1) is 18.4. The Morgan fingerprint density at radius 1 is 1.00 bits per heavy atom. The van der Waals surface area contributed by atoms with Crippen LogP contribution in [0.1, 0.15) is 31.4 Å². The van der Waals surface area contributed by atoms with E-state index in [0.717, 1.165) is 14.8 Å². The van der Waals surface area contributed by atoms with E-state index in [1.165, 1.54) is 55.5 Å². The van der Waals surface area contributed by atoms with Crippen molar-refractivity contribution in [3.63, 3.8) is 0 Å². The van der Waals surface area contributed by atoms with Crippen LogP contribution in [0.2, 0.25) is 10.0 Å². The average Bonchev–Trinajstić information content (AvgIpc) is 2.89. The first kappa shape index (κ1) is 30.4. The third-order valence-corrected chi connectivity index (χ3v) is 8.26. The molecule has 3 aromatic carbocycles. The number of hydrogen-bond donors (Lipinski definition) is 1. The zero-order chi connectivity index (χ0) is 28.7. The van der Waals surface area contributed by atoms with Crippen LogP contribution in [-0.2, 0) is 26.2 Å². The number of hydrogen-bond acceptors (Lipinski definition) is 4. The first-order valence-electron chi connectivity index (χ1n) is 12.3. The van der Waals surface area contributed by atoms with E-state index in [-0.39, 0.29) is 32.7 Å². The van der Waals surface area contributed by atoms with Crippen LogP contribution in [0.5, 0.6) is 0 Å². The van der Waals surface area contributed by atoms with E-state index >= 15 is 0 Å². The number of halogens is 3. The van der Waals surface area contributed by atoms with Gasteiger partial charge in [0.2, 0.25) is 11.8 Å². The first-order valence-corrected chi connectivity index (χ1v) is 14.5. The highest BCUT2D eigenvalue weighted by atomic mass is 35.5. The molecular weight excluding hydrogens is 564 g/mol. The summed E-state index contributed by atoms with van der Waals surface area (Å²) in [4.78, 5) is 27.8. The zero-order valence-electron chi connectivity index (χ0n) is 21.8. The molecule has 2 amide bonds. The fourth-order valence-corrected chi connectivity index (χ4v) is 5.75. The smallest absolute Gasteiger partial charge is 0.264 e. The summed E-state index contributed by atoms with van der Waals surface area (Å²) in [5.41, 5.74) is 1.10. The summed E-state index contributed by atoms with van der Waals surface area (Å²) in [6.07, 6.45) is 0.678. The van der Waals surface area contributed by atoms with E-state index in [9.17, 15) is 22.4 Å². The van der Waals surface area contributed by atoms with Crippen LogP contribution in [0.15, 0.2) is 71.6 Å². The summed E-state index contributed by atoms with van der Waals surface area (Å²) < 4.78 is 43.1. The largest absolute Gasteiger partial charge is 0.354 e. The summed E-state index contributed by atoms with van der Waals surface area (Å²) in [7, 11) is -4.28. The molecule has 3 rings (SSSR count). The normalized spacial score (nSPS) is 12.1. The number of anilines is 1. The summed E-state index contributed by atoms with van der Waals surface area (Å²) in [6, 6.07) is 15.2. The monoisotopic (exact) mass is 593 g/mol. The molecule has 7 nitrogen and oxygen atoms in total. The number of amides is 2. The second-order valence-electron chi connectivity index (χ2n) is 9.03. The molecule has 0 aromatic heterocycles. The minimum atomic E-state index is -4.28. The molecule has 11 heteroatoms. The van der Waals surface area contributed by atoms with Gasteiger partial charge in [-0.2, -0.15) is 0 Å². The lowest BCUT2D eigenvalue weighted by Gasteiger charge is -2.32. The quantitative estimate of drug-likeness (QED) is 0.314. The van der Waals surface area contributed by atoms with Crippen molar-refractivity contribution in [1.82, 2.24) is 10.2 Å². The number of carbonyl (C=O) groups is 2. The molecule has 0 spiro atoms. The lowest BCUT2D eigenvalue weighted by atomic mass is 10.1. The van der Waals surface area contributed by atoms with Crippen molar-refractivity contribution in [3.05, 3.63) is 93.7 Å². The minimum absolute atomic E-state index is 0.0496. The molecule has 1 N–H and O–H groups in total. The molecule has 0 fully saturated rings. The van der Waals surface area contributed by atoms with Crippen LogP contribution in [0.4, 0.5) is 10.1 Å². The fourth-order valence-electron chi connectivity index (χ4n) is 3.84. The predicted octanol–water partition coefficient (Wildman–Crippen LogP) is 5.58. The SMILES string of the molecule is CCCNC(=O)[C@H](C)N(Cc1ccccc1F)C(=O)CN(c1cc(Cl)cc(Cl)c1)S(=O)(=O)c1ccc(C)cc1. The van der Waals surface area contributed by atoms with Crippen molar-refractivity contribution in [2.24, 2.45) is 0 Å². The highest BCUT2D eigenvalue weighted by Crippen LogP contribution is 2.30. The van der Waals surface area contributed by atoms with Gasteiger partial charge in [-0.25, -0.2) is 12.8 Å². The molecule has 0 bridgehead atoms. The highest BCUT2D eigenvalue weighted by Gasteiger charge is 2.33. The van der Waals surface area contributed by atoms with E-state index in [0.29, 0.717) is 13.0 Å². The third-order valence-electron chi connectivity index (χ3n) is 6.04. The molecule has 0 aliphatic heterocycles. The molecule has 0 aliphatic carbocycles. The van der Waals surface area contributed by atoms with Gasteiger partial charge < -0.3 is 10.2 Å². The fraction of sp³-hybridized carbons (Fsp3) is 0.286. The Kier molecular flexibility index (Phi) is 10.4. The Labute approximate surface area is 238 Å². The van der Waals surface area contributed by atoms with Gasteiger partial charge >= 0.3 is 0 Å². The lowest BCUT2D eigenvalue weighted by molar-refractivity contribution is -0.139. The molecule has 0 unspecified atom stereocenters. The van der Waals surface area contributed by atoms with Crippen LogP contribution < -0.4 is 9.62 Å². The molecular formula is C28H30Cl2FN3O4S. The Bertz CT molecular complexity index is 1410. The van der Waals surface area contributed by atoms with Crippen molar-refractivity contribution in [1.29, 1.82) is 0 Å². The van der Waals surface area contributed by atoms with Crippen LogP contribution in [0.25, 0.3) is 0 Å². The summed E-state index contributed by atoms with van der Waals surface area (Å²) in [6.45, 7) is 4.67. The van der Waals surface area contributed by atoms with Gasteiger partial charge in [0.05, 0.1) is 10.6 Å². The van der Waals surface area contributed by atoms with Gasteiger partial charge in [0.1, 0.15) is 18.4 Å². The molecule has 0 aliphatic rings. The zero-order valence-corrected chi connectivity index (χ0v) is 24.2. The van der Waals surface area contributed by atoms with Gasteiger partial charge in [-0.15, -0.1) is 0 Å². The van der Waals surface area contributed by atoms with E-state index in [1.54, 1.807) is 18.2 Å². The number of rotatable bonds is 11. The van der Waals surface area contributed by atoms with Crippen molar-refractivity contribution in [2.45, 2.75) is 44.7 Å². The van der Waals surface area contributed by atoms with Crippen molar-refractivity contribution in [3.8, 4) is 0 Å². The summed E-state index contributed by atoms with van der Waals surface area (Å²) in [5, 5.41) is 3.08. The topological polar surface area (TPSA) is 86.8 Å². The second-order valence-corrected chi connectivity index (χ2v) is 11.8. The number of nitrogens with zero attached hydrogens (tertiary/aromatic N) is 2. The van der Waals surface area contributed by atoms with Crippen LogP contribution in [0.3, 0.4) is 0 Å². The number of sulfonamides is 1. The molecule has 0 saturated heterocycles.